The van der Waals surface area contributed by atoms with Gasteiger partial charge in [0.15, 0.2) is 0 Å². The Bertz CT molecular complexity index is 553. The van der Waals surface area contributed by atoms with Gasteiger partial charge in [-0.1, -0.05) is 29.8 Å². The van der Waals surface area contributed by atoms with Crippen LogP contribution in [0, 0.1) is 6.92 Å². The first kappa shape index (κ1) is 18.7. The van der Waals surface area contributed by atoms with E-state index in [0.29, 0.717) is 19.8 Å². The zero-order valence-corrected chi connectivity index (χ0v) is 14.5. The third-order valence-electron chi connectivity index (χ3n) is 3.74. The minimum atomic E-state index is -0.553. The maximum Gasteiger partial charge on any atom is 0.129 e. The minimum Gasteiger partial charge on any atom is -0.467 e. The highest BCUT2D eigenvalue weighted by Crippen LogP contribution is 2.08. The third-order valence-corrected chi connectivity index (χ3v) is 3.74. The first-order chi connectivity index (χ1) is 11.7. The Balaban J connectivity index is 1.79. The molecule has 2 rings (SSSR count). The molecular formula is C19H27NO4. The molecule has 0 aliphatic rings. The van der Waals surface area contributed by atoms with Gasteiger partial charge >= 0.3 is 0 Å². The highest BCUT2D eigenvalue weighted by atomic mass is 16.5. The van der Waals surface area contributed by atoms with Gasteiger partial charge < -0.3 is 19.0 Å². The Kier molecular flexibility index (Phi) is 7.98. The van der Waals surface area contributed by atoms with E-state index in [4.69, 9.17) is 13.9 Å². The molecule has 1 atom stereocenters. The molecule has 132 valence electrons. The molecular weight excluding hydrogens is 306 g/mol. The van der Waals surface area contributed by atoms with Gasteiger partial charge in [0.25, 0.3) is 0 Å². The molecule has 0 spiro atoms. The van der Waals surface area contributed by atoms with Crippen molar-refractivity contribution >= 4 is 0 Å². The van der Waals surface area contributed by atoms with E-state index in [1.807, 2.05) is 12.1 Å². The van der Waals surface area contributed by atoms with Crippen LogP contribution in [0.25, 0.3) is 0 Å². The van der Waals surface area contributed by atoms with Crippen LogP contribution < -0.4 is 0 Å². The molecule has 0 aliphatic carbocycles. The highest BCUT2D eigenvalue weighted by Gasteiger charge is 2.13. The molecule has 0 saturated carbocycles. The van der Waals surface area contributed by atoms with E-state index in [2.05, 4.69) is 36.1 Å². The lowest BCUT2D eigenvalue weighted by atomic mass is 10.1. The van der Waals surface area contributed by atoms with Crippen molar-refractivity contribution in [3.05, 3.63) is 59.5 Å². The first-order valence-electron chi connectivity index (χ1n) is 8.22. The van der Waals surface area contributed by atoms with E-state index in [9.17, 15) is 5.11 Å². The second-order valence-electron chi connectivity index (χ2n) is 5.96. The second-order valence-corrected chi connectivity index (χ2v) is 5.96. The predicted molar refractivity (Wildman–Crippen MR) is 92.7 cm³/mol. The van der Waals surface area contributed by atoms with Crippen molar-refractivity contribution in [2.45, 2.75) is 26.2 Å². The van der Waals surface area contributed by atoms with Gasteiger partial charge in [-0.3, -0.25) is 4.90 Å². The van der Waals surface area contributed by atoms with Crippen molar-refractivity contribution in [1.29, 1.82) is 0 Å². The average molecular weight is 333 g/mol. The van der Waals surface area contributed by atoms with Gasteiger partial charge in [0.1, 0.15) is 12.4 Å². The topological polar surface area (TPSA) is 55.1 Å². The molecule has 0 unspecified atom stereocenters. The van der Waals surface area contributed by atoms with E-state index < -0.39 is 6.10 Å². The molecule has 0 aliphatic heterocycles. The molecule has 1 aromatic heterocycles. The summed E-state index contributed by atoms with van der Waals surface area (Å²) in [6.45, 7) is 5.44. The first-order valence-corrected chi connectivity index (χ1v) is 8.22. The van der Waals surface area contributed by atoms with Gasteiger partial charge in [-0.25, -0.2) is 0 Å². The van der Waals surface area contributed by atoms with Crippen molar-refractivity contribution in [1.82, 2.24) is 4.90 Å². The van der Waals surface area contributed by atoms with Gasteiger partial charge in [0.05, 0.1) is 25.6 Å². The second kappa shape index (κ2) is 10.3. The molecule has 0 saturated heterocycles. The summed E-state index contributed by atoms with van der Waals surface area (Å²) in [5.74, 6) is 0.762. The Labute approximate surface area is 143 Å². The van der Waals surface area contributed by atoms with Crippen molar-refractivity contribution in [2.75, 3.05) is 33.4 Å². The van der Waals surface area contributed by atoms with Crippen molar-refractivity contribution < 1.29 is 19.0 Å². The lowest BCUT2D eigenvalue weighted by molar-refractivity contribution is 0.000487. The van der Waals surface area contributed by atoms with Gasteiger partial charge in [-0.05, 0) is 24.6 Å². The number of hydrogen-bond donors (Lipinski definition) is 1. The summed E-state index contributed by atoms with van der Waals surface area (Å²) in [5.41, 5.74) is 2.47. The summed E-state index contributed by atoms with van der Waals surface area (Å²) in [6, 6.07) is 12.1. The SMILES string of the molecule is COCCN(Cc1ccc(C)cc1)C[C@@H](O)COCc1ccco1. The molecule has 0 radical (unpaired) electrons. The maximum atomic E-state index is 10.2. The Morgan fingerprint density at radius 1 is 1.21 bits per heavy atom. The Hall–Kier alpha value is -1.66. The molecule has 24 heavy (non-hydrogen) atoms. The fourth-order valence-electron chi connectivity index (χ4n) is 2.45. The minimum absolute atomic E-state index is 0.276. The van der Waals surface area contributed by atoms with Crippen LogP contribution in [0.2, 0.25) is 0 Å². The van der Waals surface area contributed by atoms with Gasteiger partial charge in [0.2, 0.25) is 0 Å². The van der Waals surface area contributed by atoms with E-state index in [-0.39, 0.29) is 6.61 Å². The smallest absolute Gasteiger partial charge is 0.129 e. The van der Waals surface area contributed by atoms with E-state index in [1.165, 1.54) is 11.1 Å². The quantitative estimate of drug-likeness (QED) is 0.685. The molecule has 1 aromatic carbocycles. The number of aliphatic hydroxyl groups excluding tert-OH is 1. The van der Waals surface area contributed by atoms with Gasteiger partial charge in [-0.2, -0.15) is 0 Å². The number of methoxy groups -OCH3 is 1. The van der Waals surface area contributed by atoms with Crippen LogP contribution in [-0.2, 0) is 22.6 Å². The van der Waals surface area contributed by atoms with E-state index >= 15 is 0 Å². The van der Waals surface area contributed by atoms with Crippen LogP contribution in [0.5, 0.6) is 0 Å². The normalized spacial score (nSPS) is 12.7. The number of hydrogen-bond acceptors (Lipinski definition) is 5. The molecule has 2 aromatic rings. The summed E-state index contributed by atoms with van der Waals surface area (Å²) in [4.78, 5) is 2.18. The number of ether oxygens (including phenoxy) is 2. The van der Waals surface area contributed by atoms with Crippen molar-refractivity contribution in [3.63, 3.8) is 0 Å². The van der Waals surface area contributed by atoms with Gasteiger partial charge in [0, 0.05) is 26.7 Å². The lowest BCUT2D eigenvalue weighted by Gasteiger charge is -2.25. The number of aryl methyl sites for hydroxylation is 1. The number of benzene rings is 1. The Morgan fingerprint density at radius 3 is 2.67 bits per heavy atom. The van der Waals surface area contributed by atoms with Crippen LogP contribution in [0.3, 0.4) is 0 Å². The molecule has 0 fully saturated rings. The molecule has 0 amide bonds. The fraction of sp³-hybridized carbons (Fsp3) is 0.474. The fourth-order valence-corrected chi connectivity index (χ4v) is 2.45. The van der Waals surface area contributed by atoms with Crippen LogP contribution in [0.15, 0.2) is 47.1 Å². The van der Waals surface area contributed by atoms with Gasteiger partial charge in [-0.15, -0.1) is 0 Å². The largest absolute Gasteiger partial charge is 0.467 e. The molecule has 5 nitrogen and oxygen atoms in total. The average Bonchev–Trinajstić information content (AvgIpc) is 3.08. The predicted octanol–water partition coefficient (Wildman–Crippen LogP) is 2.61. The number of rotatable bonds is 11. The molecule has 5 heteroatoms. The number of furan rings is 1. The van der Waals surface area contributed by atoms with E-state index in [1.54, 1.807) is 13.4 Å². The summed E-state index contributed by atoms with van der Waals surface area (Å²) < 4.78 is 15.9. The zero-order valence-electron chi connectivity index (χ0n) is 14.5. The third kappa shape index (κ3) is 6.84. The number of nitrogens with zero attached hydrogens (tertiary/aromatic N) is 1. The summed E-state index contributed by atoms with van der Waals surface area (Å²) in [6.07, 6.45) is 1.06. The summed E-state index contributed by atoms with van der Waals surface area (Å²) in [5, 5.41) is 10.2. The highest BCUT2D eigenvalue weighted by molar-refractivity contribution is 5.21. The summed E-state index contributed by atoms with van der Waals surface area (Å²) in [7, 11) is 1.69. The molecule has 1 N–H and O–H groups in total. The van der Waals surface area contributed by atoms with Crippen LogP contribution in [0.4, 0.5) is 0 Å². The van der Waals surface area contributed by atoms with Crippen molar-refractivity contribution in [2.24, 2.45) is 0 Å². The standard InChI is InChI=1S/C19H27NO4/c1-16-5-7-17(8-6-16)12-20(9-11-22-2)13-18(21)14-23-15-19-4-3-10-24-19/h3-8,10,18,21H,9,11-15H2,1-2H3/t18-/m1/s1. The molecule has 1 heterocycles. The lowest BCUT2D eigenvalue weighted by Crippen LogP contribution is -2.36. The van der Waals surface area contributed by atoms with E-state index in [0.717, 1.165) is 18.8 Å². The zero-order chi connectivity index (χ0) is 17.2. The van der Waals surface area contributed by atoms with Crippen LogP contribution >= 0.6 is 0 Å². The summed E-state index contributed by atoms with van der Waals surface area (Å²) >= 11 is 0. The van der Waals surface area contributed by atoms with Crippen molar-refractivity contribution in [3.8, 4) is 0 Å². The Morgan fingerprint density at radius 2 is 2.00 bits per heavy atom. The maximum absolute atomic E-state index is 10.2. The molecule has 0 bridgehead atoms. The number of aliphatic hydroxyl groups is 1. The monoisotopic (exact) mass is 333 g/mol. The van der Waals surface area contributed by atoms with Crippen LogP contribution in [0.1, 0.15) is 16.9 Å². The van der Waals surface area contributed by atoms with Crippen LogP contribution in [-0.4, -0.2) is 49.5 Å².